The highest BCUT2D eigenvalue weighted by Crippen LogP contribution is 2.48. The van der Waals surface area contributed by atoms with Crippen LogP contribution in [0.4, 0.5) is 0 Å². The molecule has 126 valence electrons. The van der Waals surface area contributed by atoms with Crippen LogP contribution in [-0.2, 0) is 4.79 Å². The fraction of sp³-hybridized carbons (Fsp3) is 0.0476. The maximum atomic E-state index is 12.1. The minimum absolute atomic E-state index is 0.343. The molecule has 26 heavy (non-hydrogen) atoms. The third-order valence-electron chi connectivity index (χ3n) is 4.93. The van der Waals surface area contributed by atoms with Gasteiger partial charge in [0.2, 0.25) is 5.91 Å². The molecule has 0 aliphatic heterocycles. The Balaban J connectivity index is 1.80. The number of rotatable bonds is 2. The number of nitrogens with two attached hydrogens (primary N) is 1. The van der Waals surface area contributed by atoms with E-state index in [9.17, 15) is 4.79 Å². The van der Waals surface area contributed by atoms with E-state index < -0.39 is 5.92 Å². The number of carbonyl (C=O) groups excluding carboxylic acids is 1. The first kappa shape index (κ1) is 15.2. The SMILES string of the molecule is NC(=O)[C@@H]1c2ccccc2-c2c(-c3nc4ccc(Cl)cc4[nH]3)cccc21. The second kappa shape index (κ2) is 5.44. The van der Waals surface area contributed by atoms with Gasteiger partial charge in [-0.1, -0.05) is 54.1 Å². The van der Waals surface area contributed by atoms with E-state index in [0.717, 1.165) is 44.7 Å². The quantitative estimate of drug-likeness (QED) is 0.553. The van der Waals surface area contributed by atoms with E-state index in [4.69, 9.17) is 22.3 Å². The average Bonchev–Trinajstić information content (AvgIpc) is 3.19. The molecule has 5 heteroatoms. The third-order valence-corrected chi connectivity index (χ3v) is 5.17. The molecule has 1 aliphatic carbocycles. The summed E-state index contributed by atoms with van der Waals surface area (Å²) >= 11 is 6.09. The van der Waals surface area contributed by atoms with Gasteiger partial charge in [-0.15, -0.1) is 0 Å². The number of fused-ring (bicyclic) bond motifs is 4. The van der Waals surface area contributed by atoms with Crippen molar-refractivity contribution in [3.05, 3.63) is 76.8 Å². The number of carbonyl (C=O) groups is 1. The molecule has 0 radical (unpaired) electrons. The molecule has 1 aliphatic rings. The van der Waals surface area contributed by atoms with Gasteiger partial charge in [0.05, 0.1) is 17.0 Å². The zero-order valence-corrected chi connectivity index (χ0v) is 14.4. The van der Waals surface area contributed by atoms with Crippen LogP contribution >= 0.6 is 11.6 Å². The third kappa shape index (κ3) is 2.09. The van der Waals surface area contributed by atoms with Crippen LogP contribution in [0.25, 0.3) is 33.5 Å². The Morgan fingerprint density at radius 3 is 2.62 bits per heavy atom. The van der Waals surface area contributed by atoms with Gasteiger partial charge in [-0.2, -0.15) is 0 Å². The summed E-state index contributed by atoms with van der Waals surface area (Å²) in [6, 6.07) is 19.4. The Bertz CT molecular complexity index is 1200. The number of primary amides is 1. The first-order chi connectivity index (χ1) is 12.6. The van der Waals surface area contributed by atoms with Gasteiger partial charge in [0.15, 0.2) is 0 Å². The predicted molar refractivity (Wildman–Crippen MR) is 103 cm³/mol. The number of amides is 1. The number of hydrogen-bond acceptors (Lipinski definition) is 2. The van der Waals surface area contributed by atoms with Crippen LogP contribution < -0.4 is 5.73 Å². The second-order valence-corrected chi connectivity index (χ2v) is 6.88. The number of aromatic nitrogens is 2. The molecular formula is C21H14ClN3O. The van der Waals surface area contributed by atoms with E-state index in [1.54, 1.807) is 0 Å². The van der Waals surface area contributed by atoms with Crippen molar-refractivity contribution in [1.29, 1.82) is 0 Å². The van der Waals surface area contributed by atoms with E-state index in [1.165, 1.54) is 0 Å². The molecule has 1 aromatic heterocycles. The van der Waals surface area contributed by atoms with E-state index in [1.807, 2.05) is 60.7 Å². The van der Waals surface area contributed by atoms with Crippen LogP contribution in [0.2, 0.25) is 5.02 Å². The fourth-order valence-electron chi connectivity index (χ4n) is 3.87. The van der Waals surface area contributed by atoms with Gasteiger partial charge in [-0.05, 0) is 40.5 Å². The van der Waals surface area contributed by atoms with Gasteiger partial charge < -0.3 is 10.7 Å². The molecule has 0 bridgehead atoms. The number of benzene rings is 3. The Hall–Kier alpha value is -3.11. The zero-order valence-electron chi connectivity index (χ0n) is 13.7. The first-order valence-corrected chi connectivity index (χ1v) is 8.68. The van der Waals surface area contributed by atoms with E-state index in [2.05, 4.69) is 4.98 Å². The molecule has 4 aromatic rings. The lowest BCUT2D eigenvalue weighted by Gasteiger charge is -2.09. The van der Waals surface area contributed by atoms with Crippen molar-refractivity contribution >= 4 is 28.5 Å². The maximum absolute atomic E-state index is 12.1. The summed E-state index contributed by atoms with van der Waals surface area (Å²) < 4.78 is 0. The van der Waals surface area contributed by atoms with Gasteiger partial charge >= 0.3 is 0 Å². The largest absolute Gasteiger partial charge is 0.369 e. The Morgan fingerprint density at radius 2 is 1.77 bits per heavy atom. The molecule has 3 aromatic carbocycles. The lowest BCUT2D eigenvalue weighted by Crippen LogP contribution is -2.20. The van der Waals surface area contributed by atoms with Crippen molar-refractivity contribution in [3.8, 4) is 22.5 Å². The van der Waals surface area contributed by atoms with Crippen LogP contribution in [0.3, 0.4) is 0 Å². The van der Waals surface area contributed by atoms with Crippen molar-refractivity contribution in [1.82, 2.24) is 9.97 Å². The summed E-state index contributed by atoms with van der Waals surface area (Å²) in [5, 5.41) is 0.658. The van der Waals surface area contributed by atoms with Crippen molar-refractivity contribution in [2.24, 2.45) is 5.73 Å². The minimum atomic E-state index is -0.431. The molecule has 5 rings (SSSR count). The van der Waals surface area contributed by atoms with Crippen LogP contribution in [-0.4, -0.2) is 15.9 Å². The first-order valence-electron chi connectivity index (χ1n) is 8.30. The summed E-state index contributed by atoms with van der Waals surface area (Å²) in [7, 11) is 0. The van der Waals surface area contributed by atoms with Crippen LogP contribution in [0, 0.1) is 0 Å². The lowest BCUT2D eigenvalue weighted by atomic mass is 9.95. The molecule has 4 nitrogen and oxygen atoms in total. The maximum Gasteiger partial charge on any atom is 0.229 e. The average molecular weight is 360 g/mol. The van der Waals surface area contributed by atoms with Crippen molar-refractivity contribution in [2.45, 2.75) is 5.92 Å². The standard InChI is InChI=1S/C21H14ClN3O/c22-11-8-9-16-17(10-11)25-21(24-16)15-7-3-6-14-18(15)12-4-1-2-5-13(12)19(14)20(23)26/h1-10,19H,(H2,23,26)(H,24,25)/t19-/m1/s1. The number of aromatic amines is 1. The molecule has 0 fully saturated rings. The van der Waals surface area contributed by atoms with Gasteiger partial charge in [0.1, 0.15) is 5.82 Å². The van der Waals surface area contributed by atoms with Crippen molar-refractivity contribution in [2.75, 3.05) is 0 Å². The molecule has 0 saturated heterocycles. The number of nitrogens with one attached hydrogen (secondary N) is 1. The smallest absolute Gasteiger partial charge is 0.229 e. The molecular weight excluding hydrogens is 346 g/mol. The Morgan fingerprint density at radius 1 is 1.00 bits per heavy atom. The van der Waals surface area contributed by atoms with Crippen molar-refractivity contribution < 1.29 is 4.79 Å². The zero-order chi connectivity index (χ0) is 17.8. The van der Waals surface area contributed by atoms with Crippen LogP contribution in [0.1, 0.15) is 17.0 Å². The molecule has 0 unspecified atom stereocenters. The Kier molecular flexibility index (Phi) is 3.18. The summed E-state index contributed by atoms with van der Waals surface area (Å²) in [6.45, 7) is 0. The topological polar surface area (TPSA) is 71.8 Å². The van der Waals surface area contributed by atoms with Crippen molar-refractivity contribution in [3.63, 3.8) is 0 Å². The van der Waals surface area contributed by atoms with Crippen LogP contribution in [0.5, 0.6) is 0 Å². The van der Waals surface area contributed by atoms with Gasteiger partial charge in [0, 0.05) is 10.6 Å². The number of imidazole rings is 1. The number of nitrogens with zero attached hydrogens (tertiary/aromatic N) is 1. The summed E-state index contributed by atoms with van der Waals surface area (Å²) in [4.78, 5) is 20.2. The number of halogens is 1. The van der Waals surface area contributed by atoms with Gasteiger partial charge in [-0.3, -0.25) is 4.79 Å². The highest BCUT2D eigenvalue weighted by molar-refractivity contribution is 6.31. The molecule has 1 heterocycles. The normalized spacial score (nSPS) is 15.0. The molecule has 1 amide bonds. The molecule has 3 N–H and O–H groups in total. The number of hydrogen-bond donors (Lipinski definition) is 2. The predicted octanol–water partition coefficient (Wildman–Crippen LogP) is 4.48. The Labute approximate surface area is 154 Å². The molecule has 1 atom stereocenters. The van der Waals surface area contributed by atoms with E-state index in [0.29, 0.717) is 5.02 Å². The highest BCUT2D eigenvalue weighted by atomic mass is 35.5. The van der Waals surface area contributed by atoms with Crippen LogP contribution in [0.15, 0.2) is 60.7 Å². The summed E-state index contributed by atoms with van der Waals surface area (Å²) in [6.07, 6.45) is 0. The molecule has 0 spiro atoms. The van der Waals surface area contributed by atoms with Gasteiger partial charge in [-0.25, -0.2) is 4.98 Å². The minimum Gasteiger partial charge on any atom is -0.369 e. The van der Waals surface area contributed by atoms with E-state index in [-0.39, 0.29) is 5.91 Å². The summed E-state index contributed by atoms with van der Waals surface area (Å²) in [5.74, 6) is -0.0243. The number of H-pyrrole nitrogens is 1. The monoisotopic (exact) mass is 359 g/mol. The summed E-state index contributed by atoms with van der Waals surface area (Å²) in [5.41, 5.74) is 12.3. The second-order valence-electron chi connectivity index (χ2n) is 6.44. The fourth-order valence-corrected chi connectivity index (χ4v) is 4.04. The molecule has 0 saturated carbocycles. The lowest BCUT2D eigenvalue weighted by molar-refractivity contribution is -0.118. The highest BCUT2D eigenvalue weighted by Gasteiger charge is 2.34. The van der Waals surface area contributed by atoms with E-state index >= 15 is 0 Å². The van der Waals surface area contributed by atoms with Gasteiger partial charge in [0.25, 0.3) is 0 Å².